The molecule has 0 N–H and O–H groups in total. The second-order valence-corrected chi connectivity index (χ2v) is 6.68. The molecule has 0 radical (unpaired) electrons. The van der Waals surface area contributed by atoms with Gasteiger partial charge >= 0.3 is 26.2 Å². The van der Waals surface area contributed by atoms with E-state index in [2.05, 4.69) is 84.9 Å². The van der Waals surface area contributed by atoms with E-state index in [0.29, 0.717) is 0 Å². The molecule has 0 nitrogen and oxygen atoms in total. The van der Waals surface area contributed by atoms with E-state index in [9.17, 15) is 0 Å². The third kappa shape index (κ3) is 5.38. The van der Waals surface area contributed by atoms with Crippen molar-refractivity contribution in [1.82, 2.24) is 0 Å². The third-order valence-electron chi connectivity index (χ3n) is 4.81. The van der Waals surface area contributed by atoms with Gasteiger partial charge in [0.15, 0.2) is 0 Å². The zero-order chi connectivity index (χ0) is 15.8. The van der Waals surface area contributed by atoms with Crippen molar-refractivity contribution in [3.63, 3.8) is 0 Å². The Morgan fingerprint density at radius 3 is 1.79 bits per heavy atom. The van der Waals surface area contributed by atoms with Crippen LogP contribution in [0.1, 0.15) is 45.7 Å². The van der Waals surface area contributed by atoms with Crippen LogP contribution in [0.2, 0.25) is 0 Å². The van der Waals surface area contributed by atoms with E-state index in [0.717, 1.165) is 0 Å². The van der Waals surface area contributed by atoms with E-state index in [1.54, 1.807) is 0 Å². The third-order valence-corrected chi connectivity index (χ3v) is 4.81. The number of benzene rings is 1. The summed E-state index contributed by atoms with van der Waals surface area (Å²) in [7, 11) is 0. The molecular weight excluding hydrogens is 414 g/mol. The number of aryl methyl sites for hydroxylation is 2. The van der Waals surface area contributed by atoms with Gasteiger partial charge in [-0.15, -0.1) is 35.4 Å². The molecule has 0 aliphatic heterocycles. The van der Waals surface area contributed by atoms with Crippen LogP contribution in [0.3, 0.4) is 0 Å². The SMILES string of the molecule is CC1=[C-]C(C)(C)C(C)=C1C.Cc1ccc(C)c2[cH-]ccc12.[Cl-].[Cl-].[Zr+4]. The Labute approximate surface area is 179 Å². The van der Waals surface area contributed by atoms with E-state index < -0.39 is 0 Å². The second kappa shape index (κ2) is 10.1. The van der Waals surface area contributed by atoms with Gasteiger partial charge in [0.05, 0.1) is 0 Å². The average molecular weight is 441 g/mol. The smallest absolute Gasteiger partial charge is 1.00 e. The molecule has 1 aliphatic carbocycles. The molecule has 0 bridgehead atoms. The molecule has 0 heterocycles. The molecule has 0 aromatic heterocycles. The normalized spacial score (nSPS) is 14.7. The van der Waals surface area contributed by atoms with Gasteiger partial charge in [-0.1, -0.05) is 51.7 Å². The summed E-state index contributed by atoms with van der Waals surface area (Å²) in [6, 6.07) is 10.8. The van der Waals surface area contributed by atoms with Crippen LogP contribution < -0.4 is 24.8 Å². The van der Waals surface area contributed by atoms with Gasteiger partial charge in [0, 0.05) is 0 Å². The van der Waals surface area contributed by atoms with Crippen molar-refractivity contribution in [2.45, 2.75) is 48.5 Å². The summed E-state index contributed by atoms with van der Waals surface area (Å²) in [5.74, 6) is 0. The molecule has 1 aliphatic rings. The summed E-state index contributed by atoms with van der Waals surface area (Å²) < 4.78 is 0. The first-order valence-electron chi connectivity index (χ1n) is 7.65. The van der Waals surface area contributed by atoms with E-state index in [1.807, 2.05) is 0 Å². The number of halogens is 2. The summed E-state index contributed by atoms with van der Waals surface area (Å²) in [4.78, 5) is 0. The number of allylic oxidation sites excluding steroid dienone is 4. The van der Waals surface area contributed by atoms with Crippen LogP contribution in [0.25, 0.3) is 10.8 Å². The Morgan fingerprint density at radius 2 is 1.42 bits per heavy atom. The number of rotatable bonds is 0. The van der Waals surface area contributed by atoms with Gasteiger partial charge in [0.25, 0.3) is 0 Å². The van der Waals surface area contributed by atoms with Gasteiger partial charge in [0.2, 0.25) is 0 Å². The van der Waals surface area contributed by atoms with Gasteiger partial charge in [0.1, 0.15) is 0 Å². The van der Waals surface area contributed by atoms with Gasteiger partial charge in [-0.2, -0.15) is 23.3 Å². The Morgan fingerprint density at radius 1 is 0.875 bits per heavy atom. The zero-order valence-electron chi connectivity index (χ0n) is 15.6. The Bertz CT molecular complexity index is 697. The quantitative estimate of drug-likeness (QED) is 0.517. The molecular formula is C21H26Cl2Zr. The van der Waals surface area contributed by atoms with Crippen molar-refractivity contribution in [3.8, 4) is 0 Å². The number of hydrogen-bond donors (Lipinski definition) is 0. The molecule has 3 rings (SSSR count). The van der Waals surface area contributed by atoms with Crippen LogP contribution in [0.4, 0.5) is 0 Å². The molecule has 2 aromatic rings. The standard InChI is InChI=1S/C11H11.C10H15.2ClH.Zr/c1-8-6-7-9(2)11-5-3-4-10(8)11;1-7-6-10(4,5)9(3)8(7)2;;;/h3-7H,1-2H3;1-5H3;2*1H;/q2*-1;;;+4/p-2. The largest absolute Gasteiger partial charge is 4.00 e. The van der Waals surface area contributed by atoms with Crippen molar-refractivity contribution >= 4 is 10.8 Å². The number of hydrogen-bond acceptors (Lipinski definition) is 0. The van der Waals surface area contributed by atoms with E-state index in [4.69, 9.17) is 0 Å². The predicted octanol–water partition coefficient (Wildman–Crippen LogP) is 0.293. The Hall–Kier alpha value is -0.227. The minimum atomic E-state index is 0. The first-order chi connectivity index (χ1) is 9.74. The second-order valence-electron chi connectivity index (χ2n) is 6.68. The van der Waals surface area contributed by atoms with Gasteiger partial charge in [-0.25, -0.2) is 5.57 Å². The van der Waals surface area contributed by atoms with Crippen LogP contribution in [0, 0.1) is 25.3 Å². The maximum atomic E-state index is 3.44. The molecule has 0 spiro atoms. The van der Waals surface area contributed by atoms with Crippen LogP contribution >= 0.6 is 0 Å². The summed E-state index contributed by atoms with van der Waals surface area (Å²) in [6.45, 7) is 15.2. The first kappa shape index (κ1) is 26.0. The molecule has 0 saturated carbocycles. The Balaban J connectivity index is 0. The van der Waals surface area contributed by atoms with Gasteiger partial charge in [-0.3, -0.25) is 6.08 Å². The van der Waals surface area contributed by atoms with Gasteiger partial charge in [-0.05, 0) is 6.92 Å². The molecule has 3 heteroatoms. The number of fused-ring (bicyclic) bond motifs is 1. The van der Waals surface area contributed by atoms with Crippen molar-refractivity contribution in [3.05, 3.63) is 64.3 Å². The van der Waals surface area contributed by atoms with E-state index >= 15 is 0 Å². The predicted molar refractivity (Wildman–Crippen MR) is 93.6 cm³/mol. The molecule has 24 heavy (non-hydrogen) atoms. The van der Waals surface area contributed by atoms with Crippen LogP contribution in [0.15, 0.2) is 47.1 Å². The van der Waals surface area contributed by atoms with Crippen molar-refractivity contribution in [2.75, 3.05) is 0 Å². The van der Waals surface area contributed by atoms with Crippen molar-refractivity contribution in [1.29, 1.82) is 0 Å². The monoisotopic (exact) mass is 438 g/mol. The fraction of sp³-hybridized carbons (Fsp3) is 0.381. The minimum absolute atomic E-state index is 0. The summed E-state index contributed by atoms with van der Waals surface area (Å²) in [6.07, 6.45) is 3.44. The molecule has 0 saturated heterocycles. The van der Waals surface area contributed by atoms with Crippen LogP contribution in [0.5, 0.6) is 0 Å². The average Bonchev–Trinajstić information content (AvgIpc) is 2.97. The van der Waals surface area contributed by atoms with Crippen LogP contribution in [-0.2, 0) is 26.2 Å². The zero-order valence-corrected chi connectivity index (χ0v) is 19.6. The molecule has 0 unspecified atom stereocenters. The fourth-order valence-electron chi connectivity index (χ4n) is 2.94. The molecule has 128 valence electrons. The molecule has 0 atom stereocenters. The maximum Gasteiger partial charge on any atom is 4.00 e. The van der Waals surface area contributed by atoms with E-state index in [-0.39, 0.29) is 56.4 Å². The van der Waals surface area contributed by atoms with Crippen molar-refractivity contribution < 1.29 is 51.0 Å². The van der Waals surface area contributed by atoms with Crippen LogP contribution in [-0.4, -0.2) is 0 Å². The topological polar surface area (TPSA) is 0 Å². The summed E-state index contributed by atoms with van der Waals surface area (Å²) in [5, 5.41) is 2.79. The minimum Gasteiger partial charge on any atom is -1.00 e. The summed E-state index contributed by atoms with van der Waals surface area (Å²) in [5.41, 5.74) is 7.14. The van der Waals surface area contributed by atoms with Gasteiger partial charge < -0.3 is 24.8 Å². The van der Waals surface area contributed by atoms with Crippen molar-refractivity contribution in [2.24, 2.45) is 5.41 Å². The molecule has 2 aromatic carbocycles. The Kier molecular flexibility index (Phi) is 10.9. The molecule has 0 fully saturated rings. The fourth-order valence-corrected chi connectivity index (χ4v) is 2.94. The molecule has 0 amide bonds. The maximum absolute atomic E-state index is 3.44. The summed E-state index contributed by atoms with van der Waals surface area (Å²) >= 11 is 0. The first-order valence-corrected chi connectivity index (χ1v) is 7.65. The van der Waals surface area contributed by atoms with E-state index in [1.165, 1.54) is 38.6 Å².